The number of hydrogen-bond acceptors (Lipinski definition) is 0. The summed E-state index contributed by atoms with van der Waals surface area (Å²) in [5.74, 6) is 0. The molecule has 84 valence electrons. The fraction of sp³-hybridized carbons (Fsp3) is 0.714. The van der Waals surface area contributed by atoms with Gasteiger partial charge in [-0.2, -0.15) is 0 Å². The average molecular weight is 196 g/mol. The predicted molar refractivity (Wildman–Crippen MR) is 68.6 cm³/mol. The second-order valence-electron chi connectivity index (χ2n) is 4.31. The van der Waals surface area contributed by atoms with E-state index in [-0.39, 0.29) is 0 Å². The normalized spacial score (nSPS) is 13.4. The molecule has 0 heterocycles. The lowest BCUT2D eigenvalue weighted by molar-refractivity contribution is 0.488. The van der Waals surface area contributed by atoms with Crippen LogP contribution in [0.4, 0.5) is 0 Å². The highest BCUT2D eigenvalue weighted by molar-refractivity contribution is 5.24. The summed E-state index contributed by atoms with van der Waals surface area (Å²) in [7, 11) is 0. The van der Waals surface area contributed by atoms with Crippen molar-refractivity contribution >= 4 is 0 Å². The van der Waals surface area contributed by atoms with Gasteiger partial charge in [-0.15, -0.1) is 0 Å². The van der Waals surface area contributed by atoms with E-state index in [9.17, 15) is 0 Å². The summed E-state index contributed by atoms with van der Waals surface area (Å²) >= 11 is 0. The monoisotopic (exact) mass is 196 g/mol. The van der Waals surface area contributed by atoms with Gasteiger partial charge >= 0.3 is 0 Å². The fourth-order valence-electron chi connectivity index (χ4n) is 1.21. The molecule has 0 spiro atoms. The third-order valence-electron chi connectivity index (χ3n) is 2.20. The smallest absolute Gasteiger partial charge is 0.0170 e. The molecule has 0 nitrogen and oxygen atoms in total. The predicted octanol–water partition coefficient (Wildman–Crippen LogP) is 5.36. The summed E-state index contributed by atoms with van der Waals surface area (Å²) in [5.41, 5.74) is 3.21. The van der Waals surface area contributed by atoms with Crippen LogP contribution in [-0.2, 0) is 0 Å². The first-order chi connectivity index (χ1) is 6.41. The van der Waals surface area contributed by atoms with Crippen LogP contribution < -0.4 is 0 Å². The van der Waals surface area contributed by atoms with E-state index in [1.165, 1.54) is 11.1 Å². The van der Waals surface area contributed by atoms with Gasteiger partial charge in [0.2, 0.25) is 0 Å². The highest BCUT2D eigenvalue weighted by atomic mass is 14.2. The minimum Gasteiger partial charge on any atom is -0.0847 e. The molecule has 0 aromatic carbocycles. The standard InChI is InChI=1S/C12H22.C2H6/c1-7-10(3)9-11(8-2)12(4,5)6;1-2/h7,9H,8H2,1-6H3;1-2H3/b10-7-,11-9+;. The third-order valence-corrected chi connectivity index (χ3v) is 2.20. The molecule has 0 unspecified atom stereocenters. The first-order valence-electron chi connectivity index (χ1n) is 5.75. The van der Waals surface area contributed by atoms with Crippen molar-refractivity contribution in [2.24, 2.45) is 5.41 Å². The maximum absolute atomic E-state index is 2.31. The molecule has 0 saturated carbocycles. The highest BCUT2D eigenvalue weighted by Gasteiger charge is 2.14. The van der Waals surface area contributed by atoms with Crippen molar-refractivity contribution in [3.63, 3.8) is 0 Å². The van der Waals surface area contributed by atoms with E-state index >= 15 is 0 Å². The van der Waals surface area contributed by atoms with Gasteiger partial charge in [-0.05, 0) is 25.7 Å². The van der Waals surface area contributed by atoms with Gasteiger partial charge in [0.05, 0.1) is 0 Å². The van der Waals surface area contributed by atoms with Gasteiger partial charge in [0.25, 0.3) is 0 Å². The van der Waals surface area contributed by atoms with Crippen LogP contribution >= 0.6 is 0 Å². The third kappa shape index (κ3) is 6.94. The molecule has 0 rings (SSSR count). The molecule has 0 aliphatic heterocycles. The lowest BCUT2D eigenvalue weighted by atomic mass is 9.84. The van der Waals surface area contributed by atoms with Crippen LogP contribution in [-0.4, -0.2) is 0 Å². The van der Waals surface area contributed by atoms with Crippen molar-refractivity contribution in [3.05, 3.63) is 23.3 Å². The summed E-state index contributed by atoms with van der Waals surface area (Å²) in [4.78, 5) is 0. The van der Waals surface area contributed by atoms with E-state index in [0.29, 0.717) is 5.41 Å². The Balaban J connectivity index is 0. The second kappa shape index (κ2) is 7.84. The zero-order chi connectivity index (χ0) is 11.8. The van der Waals surface area contributed by atoms with Crippen LogP contribution in [0.5, 0.6) is 0 Å². The quantitative estimate of drug-likeness (QED) is 0.521. The maximum Gasteiger partial charge on any atom is -0.0170 e. The lowest BCUT2D eigenvalue weighted by Gasteiger charge is -2.22. The first-order valence-corrected chi connectivity index (χ1v) is 5.75. The second-order valence-corrected chi connectivity index (χ2v) is 4.31. The van der Waals surface area contributed by atoms with Crippen LogP contribution in [0.25, 0.3) is 0 Å². The Labute approximate surface area is 91.1 Å². The van der Waals surface area contributed by atoms with Crippen LogP contribution in [0.2, 0.25) is 0 Å². The molecule has 0 aliphatic rings. The van der Waals surface area contributed by atoms with Crippen molar-refractivity contribution in [1.29, 1.82) is 0 Å². The first kappa shape index (κ1) is 15.9. The number of hydrogen-bond donors (Lipinski definition) is 0. The molecule has 0 atom stereocenters. The van der Waals surface area contributed by atoms with Crippen molar-refractivity contribution in [2.75, 3.05) is 0 Å². The van der Waals surface area contributed by atoms with E-state index in [0.717, 1.165) is 6.42 Å². The molecule has 0 fully saturated rings. The van der Waals surface area contributed by atoms with Crippen LogP contribution in [0.1, 0.15) is 61.8 Å². The molecule has 0 aliphatic carbocycles. The molecule has 0 saturated heterocycles. The molecule has 0 aromatic rings. The minimum atomic E-state index is 0.318. The zero-order valence-corrected chi connectivity index (χ0v) is 11.4. The van der Waals surface area contributed by atoms with Crippen molar-refractivity contribution in [2.45, 2.75) is 61.8 Å². The van der Waals surface area contributed by atoms with Gasteiger partial charge in [0, 0.05) is 0 Å². The van der Waals surface area contributed by atoms with Gasteiger partial charge < -0.3 is 0 Å². The summed E-state index contributed by atoms with van der Waals surface area (Å²) < 4.78 is 0. The zero-order valence-electron chi connectivity index (χ0n) is 11.4. The van der Waals surface area contributed by atoms with Gasteiger partial charge in [0.1, 0.15) is 0 Å². The summed E-state index contributed by atoms with van der Waals surface area (Å²) in [6, 6.07) is 0. The Hall–Kier alpha value is -0.520. The molecule has 0 radical (unpaired) electrons. The highest BCUT2D eigenvalue weighted by Crippen LogP contribution is 2.28. The van der Waals surface area contributed by atoms with Crippen molar-refractivity contribution in [1.82, 2.24) is 0 Å². The molecule has 0 bridgehead atoms. The Kier molecular flexibility index (Phi) is 8.93. The average Bonchev–Trinajstić information content (AvgIpc) is 2.15. The van der Waals surface area contributed by atoms with E-state index in [1.807, 2.05) is 13.8 Å². The van der Waals surface area contributed by atoms with Gasteiger partial charge in [0.15, 0.2) is 0 Å². The molecule has 0 N–H and O–H groups in total. The van der Waals surface area contributed by atoms with Crippen LogP contribution in [0, 0.1) is 5.41 Å². The van der Waals surface area contributed by atoms with E-state index in [2.05, 4.69) is 53.7 Å². The van der Waals surface area contributed by atoms with Crippen molar-refractivity contribution < 1.29 is 0 Å². The number of allylic oxidation sites excluding steroid dienone is 4. The molecule has 0 heteroatoms. The summed E-state index contributed by atoms with van der Waals surface area (Å²) in [6.45, 7) is 17.3. The fourth-order valence-corrected chi connectivity index (χ4v) is 1.21. The molecule has 0 amide bonds. The van der Waals surface area contributed by atoms with Crippen molar-refractivity contribution in [3.8, 4) is 0 Å². The largest absolute Gasteiger partial charge is 0.0847 e. The van der Waals surface area contributed by atoms with E-state index in [1.54, 1.807) is 0 Å². The summed E-state index contributed by atoms with van der Waals surface area (Å²) in [5, 5.41) is 0. The van der Waals surface area contributed by atoms with Gasteiger partial charge in [-0.3, -0.25) is 0 Å². The van der Waals surface area contributed by atoms with Gasteiger partial charge in [-0.1, -0.05) is 64.8 Å². The Bertz CT molecular complexity index is 187. The SMILES string of the molecule is C/C=C(C)\C=C(/CC)C(C)(C)C.CC. The Morgan fingerprint density at radius 3 is 1.79 bits per heavy atom. The molecule has 14 heavy (non-hydrogen) atoms. The number of rotatable bonds is 2. The van der Waals surface area contributed by atoms with E-state index < -0.39 is 0 Å². The molecular formula is C14H28. The topological polar surface area (TPSA) is 0 Å². The maximum atomic E-state index is 2.31. The molecule has 0 aromatic heterocycles. The summed E-state index contributed by atoms with van der Waals surface area (Å²) in [6.07, 6.45) is 5.61. The molecular weight excluding hydrogens is 168 g/mol. The lowest BCUT2D eigenvalue weighted by Crippen LogP contribution is -2.08. The Morgan fingerprint density at radius 1 is 1.14 bits per heavy atom. The van der Waals surface area contributed by atoms with Gasteiger partial charge in [-0.25, -0.2) is 0 Å². The Morgan fingerprint density at radius 2 is 1.57 bits per heavy atom. The van der Waals surface area contributed by atoms with E-state index in [4.69, 9.17) is 0 Å². The van der Waals surface area contributed by atoms with Crippen LogP contribution in [0.15, 0.2) is 23.3 Å². The minimum absolute atomic E-state index is 0.318. The van der Waals surface area contributed by atoms with Crippen LogP contribution in [0.3, 0.4) is 0 Å².